The van der Waals surface area contributed by atoms with Crippen LogP contribution < -0.4 is 10.9 Å². The molecule has 4 rings (SSSR count). The van der Waals surface area contributed by atoms with Gasteiger partial charge in [0, 0.05) is 30.2 Å². The molecule has 1 atom stereocenters. The van der Waals surface area contributed by atoms with Crippen molar-refractivity contribution < 1.29 is 4.79 Å². The van der Waals surface area contributed by atoms with Crippen LogP contribution in [0.15, 0.2) is 53.3 Å². The van der Waals surface area contributed by atoms with E-state index in [0.29, 0.717) is 34.5 Å². The Hall–Kier alpha value is -2.54. The smallest absolute Gasteiger partial charge is 0.295 e. The second-order valence-electron chi connectivity index (χ2n) is 8.24. The Morgan fingerprint density at radius 3 is 2.62 bits per heavy atom. The first-order valence-electron chi connectivity index (χ1n) is 10.7. The lowest BCUT2D eigenvalue weighted by Gasteiger charge is -2.32. The van der Waals surface area contributed by atoms with Gasteiger partial charge in [0.1, 0.15) is 5.69 Å². The molecule has 1 unspecified atom stereocenters. The van der Waals surface area contributed by atoms with Crippen LogP contribution >= 0.6 is 23.2 Å². The molecule has 2 heterocycles. The number of para-hydroxylation sites is 1. The molecule has 1 N–H and O–H groups in total. The number of nitrogens with one attached hydrogen (secondary N) is 1. The molecule has 168 valence electrons. The van der Waals surface area contributed by atoms with Crippen molar-refractivity contribution in [2.24, 2.45) is 13.0 Å². The van der Waals surface area contributed by atoms with Crippen LogP contribution in [-0.4, -0.2) is 33.3 Å². The largest absolute Gasteiger partial charge is 0.320 e. The van der Waals surface area contributed by atoms with E-state index >= 15 is 0 Å². The molecule has 1 aliphatic rings. The molecular weight excluding hydrogens is 447 g/mol. The molecule has 1 amide bonds. The van der Waals surface area contributed by atoms with Crippen molar-refractivity contribution in [1.29, 1.82) is 0 Å². The minimum Gasteiger partial charge on any atom is -0.320 e. The maximum Gasteiger partial charge on any atom is 0.295 e. The number of anilines is 1. The second-order valence-corrected chi connectivity index (χ2v) is 9.08. The van der Waals surface area contributed by atoms with Crippen molar-refractivity contribution in [3.05, 3.63) is 80.2 Å². The monoisotopic (exact) mass is 472 g/mol. The quantitative estimate of drug-likeness (QED) is 0.588. The summed E-state index contributed by atoms with van der Waals surface area (Å²) in [5.74, 6) is -0.318. The maximum absolute atomic E-state index is 13.1. The number of aromatic nitrogens is 2. The molecule has 0 spiro atoms. The molecule has 1 fully saturated rings. The fourth-order valence-corrected chi connectivity index (χ4v) is 4.71. The van der Waals surface area contributed by atoms with Gasteiger partial charge < -0.3 is 5.32 Å². The number of rotatable bonds is 5. The van der Waals surface area contributed by atoms with Crippen molar-refractivity contribution in [2.75, 3.05) is 18.4 Å². The van der Waals surface area contributed by atoms with Crippen LogP contribution in [0.1, 0.15) is 24.1 Å². The van der Waals surface area contributed by atoms with Crippen LogP contribution in [0.4, 0.5) is 5.69 Å². The number of benzene rings is 2. The first-order valence-corrected chi connectivity index (χ1v) is 11.4. The van der Waals surface area contributed by atoms with Crippen LogP contribution in [0.25, 0.3) is 5.69 Å². The van der Waals surface area contributed by atoms with Gasteiger partial charge in [-0.3, -0.25) is 19.2 Å². The molecule has 3 aromatic rings. The van der Waals surface area contributed by atoms with Gasteiger partial charge in [0.15, 0.2) is 0 Å². The summed E-state index contributed by atoms with van der Waals surface area (Å²) in [6.45, 7) is 4.01. The van der Waals surface area contributed by atoms with Gasteiger partial charge in [-0.25, -0.2) is 4.68 Å². The van der Waals surface area contributed by atoms with E-state index in [9.17, 15) is 9.59 Å². The van der Waals surface area contributed by atoms with E-state index in [2.05, 4.69) is 10.2 Å². The zero-order valence-corrected chi connectivity index (χ0v) is 19.7. The predicted octanol–water partition coefficient (Wildman–Crippen LogP) is 4.64. The van der Waals surface area contributed by atoms with Crippen molar-refractivity contribution >= 4 is 34.8 Å². The van der Waals surface area contributed by atoms with Crippen molar-refractivity contribution in [2.45, 2.75) is 26.3 Å². The summed E-state index contributed by atoms with van der Waals surface area (Å²) in [4.78, 5) is 28.4. The van der Waals surface area contributed by atoms with Crippen LogP contribution in [0.3, 0.4) is 0 Å². The summed E-state index contributed by atoms with van der Waals surface area (Å²) in [6.07, 6.45) is 1.70. The molecule has 0 aliphatic carbocycles. The molecule has 0 bridgehead atoms. The number of likely N-dealkylation sites (tertiary alicyclic amines) is 1. The fraction of sp³-hybridized carbons (Fsp3) is 0.333. The lowest BCUT2D eigenvalue weighted by atomic mass is 9.96. The van der Waals surface area contributed by atoms with E-state index in [1.807, 2.05) is 56.4 Å². The Kier molecular flexibility index (Phi) is 6.74. The first kappa shape index (κ1) is 22.6. The van der Waals surface area contributed by atoms with Gasteiger partial charge in [-0.15, -0.1) is 0 Å². The highest BCUT2D eigenvalue weighted by atomic mass is 35.5. The summed E-state index contributed by atoms with van der Waals surface area (Å²) in [6, 6.07) is 14.9. The molecule has 1 saturated heterocycles. The van der Waals surface area contributed by atoms with Gasteiger partial charge in [0.2, 0.25) is 5.91 Å². The Morgan fingerprint density at radius 1 is 1.16 bits per heavy atom. The second kappa shape index (κ2) is 9.53. The average molecular weight is 473 g/mol. The average Bonchev–Trinajstić information content (AvgIpc) is 2.99. The minimum atomic E-state index is -0.231. The summed E-state index contributed by atoms with van der Waals surface area (Å²) in [5, 5.41) is 4.15. The lowest BCUT2D eigenvalue weighted by Crippen LogP contribution is -2.40. The van der Waals surface area contributed by atoms with E-state index in [-0.39, 0.29) is 17.4 Å². The summed E-state index contributed by atoms with van der Waals surface area (Å²) >= 11 is 12.3. The Morgan fingerprint density at radius 2 is 1.91 bits per heavy atom. The topological polar surface area (TPSA) is 59.3 Å². The van der Waals surface area contributed by atoms with E-state index < -0.39 is 0 Å². The molecule has 1 aromatic heterocycles. The van der Waals surface area contributed by atoms with Crippen LogP contribution in [0.5, 0.6) is 0 Å². The van der Waals surface area contributed by atoms with Gasteiger partial charge in [0.25, 0.3) is 5.56 Å². The third-order valence-electron chi connectivity index (χ3n) is 6.09. The molecular formula is C24H26Cl2N4O2. The number of nitrogens with zero attached hydrogens (tertiary/aromatic N) is 3. The van der Waals surface area contributed by atoms with Gasteiger partial charge in [-0.1, -0.05) is 47.5 Å². The maximum atomic E-state index is 13.1. The lowest BCUT2D eigenvalue weighted by molar-refractivity contribution is -0.121. The number of hydrogen-bond donors (Lipinski definition) is 1. The van der Waals surface area contributed by atoms with Crippen LogP contribution in [0.2, 0.25) is 10.0 Å². The third kappa shape index (κ3) is 4.63. The Balaban J connectivity index is 1.49. The number of carbonyl (C=O) groups excluding carboxylic acids is 1. The number of piperidine rings is 1. The number of carbonyl (C=O) groups is 1. The van der Waals surface area contributed by atoms with Gasteiger partial charge in [-0.2, -0.15) is 0 Å². The SMILES string of the molecule is Cc1c(NC(=O)C2CCCN(Cc3ccc(Cl)cc3Cl)C2)c(=O)n(-c2ccccc2)n1C. The minimum absolute atomic E-state index is 0.122. The van der Waals surface area contributed by atoms with Crippen molar-refractivity contribution in [3.63, 3.8) is 0 Å². The molecule has 1 aliphatic heterocycles. The number of amides is 1. The third-order valence-corrected chi connectivity index (χ3v) is 6.67. The highest BCUT2D eigenvalue weighted by Gasteiger charge is 2.28. The molecule has 0 saturated carbocycles. The van der Waals surface area contributed by atoms with Crippen LogP contribution in [-0.2, 0) is 18.4 Å². The molecule has 32 heavy (non-hydrogen) atoms. The zero-order valence-electron chi connectivity index (χ0n) is 18.1. The molecule has 0 radical (unpaired) electrons. The van der Waals surface area contributed by atoms with Gasteiger partial charge in [0.05, 0.1) is 17.3 Å². The molecule has 2 aromatic carbocycles. The number of hydrogen-bond acceptors (Lipinski definition) is 3. The summed E-state index contributed by atoms with van der Waals surface area (Å²) in [7, 11) is 1.82. The zero-order chi connectivity index (χ0) is 22.8. The molecule has 6 nitrogen and oxygen atoms in total. The number of halogens is 2. The highest BCUT2D eigenvalue weighted by Crippen LogP contribution is 2.25. The summed E-state index contributed by atoms with van der Waals surface area (Å²) < 4.78 is 3.34. The van der Waals surface area contributed by atoms with Crippen molar-refractivity contribution in [1.82, 2.24) is 14.3 Å². The van der Waals surface area contributed by atoms with E-state index in [0.717, 1.165) is 30.6 Å². The highest BCUT2D eigenvalue weighted by molar-refractivity contribution is 6.35. The van der Waals surface area contributed by atoms with E-state index in [4.69, 9.17) is 23.2 Å². The van der Waals surface area contributed by atoms with Crippen molar-refractivity contribution in [3.8, 4) is 5.69 Å². The van der Waals surface area contributed by atoms with Gasteiger partial charge in [-0.05, 0) is 56.1 Å². The van der Waals surface area contributed by atoms with E-state index in [1.54, 1.807) is 15.4 Å². The first-order chi connectivity index (χ1) is 15.3. The Labute approximate surface area is 197 Å². The standard InChI is InChI=1S/C24H26Cl2N4O2/c1-16-22(24(32)30(28(16)2)20-8-4-3-5-9-20)27-23(31)18-7-6-12-29(15-18)14-17-10-11-19(25)13-21(17)26/h3-5,8-11,13,18H,6-7,12,14-15H2,1-2H3,(H,27,31). The molecule has 8 heteroatoms. The normalized spacial score (nSPS) is 16.8. The van der Waals surface area contributed by atoms with E-state index in [1.165, 1.54) is 0 Å². The van der Waals surface area contributed by atoms with Crippen LogP contribution in [0, 0.1) is 12.8 Å². The summed E-state index contributed by atoms with van der Waals surface area (Å²) in [5.41, 5.74) is 2.56. The fourth-order valence-electron chi connectivity index (χ4n) is 4.24. The van der Waals surface area contributed by atoms with Gasteiger partial charge >= 0.3 is 0 Å². The Bertz CT molecular complexity index is 1190. The predicted molar refractivity (Wildman–Crippen MR) is 129 cm³/mol.